The van der Waals surface area contributed by atoms with E-state index in [0.29, 0.717) is 30.8 Å². The zero-order valence-electron chi connectivity index (χ0n) is 12.0. The third kappa shape index (κ3) is 2.95. The number of primary amides is 1. The molecular formula is C14H22N4O2. The number of ether oxygens (including phenoxy) is 1. The van der Waals surface area contributed by atoms with Gasteiger partial charge in [0.1, 0.15) is 5.82 Å². The van der Waals surface area contributed by atoms with E-state index in [0.717, 1.165) is 18.7 Å². The summed E-state index contributed by atoms with van der Waals surface area (Å²) in [7, 11) is 0. The minimum atomic E-state index is -0.248. The molecule has 2 unspecified atom stereocenters. The van der Waals surface area contributed by atoms with E-state index in [1.54, 1.807) is 6.07 Å². The third-order valence-corrected chi connectivity index (χ3v) is 3.73. The Balaban J connectivity index is 2.24. The van der Waals surface area contributed by atoms with E-state index >= 15 is 0 Å². The van der Waals surface area contributed by atoms with Crippen molar-refractivity contribution < 1.29 is 9.53 Å². The Bertz CT molecular complexity index is 492. The molecule has 0 radical (unpaired) electrons. The Kier molecular flexibility index (Phi) is 4.32. The summed E-state index contributed by atoms with van der Waals surface area (Å²) in [6.07, 6.45) is 1.75. The van der Waals surface area contributed by atoms with Crippen LogP contribution in [0.4, 0.5) is 11.5 Å². The smallest absolute Gasteiger partial charge is 0.239 e. The van der Waals surface area contributed by atoms with Gasteiger partial charge in [-0.05, 0) is 38.8 Å². The highest BCUT2D eigenvalue weighted by Gasteiger charge is 2.29. The van der Waals surface area contributed by atoms with Crippen LogP contribution in [0.15, 0.2) is 12.1 Å². The zero-order chi connectivity index (χ0) is 14.7. The van der Waals surface area contributed by atoms with Gasteiger partial charge in [-0.15, -0.1) is 0 Å². The maximum Gasteiger partial charge on any atom is 0.239 e. The lowest BCUT2D eigenvalue weighted by Crippen LogP contribution is -2.46. The van der Waals surface area contributed by atoms with E-state index in [2.05, 4.69) is 16.8 Å². The Hall–Kier alpha value is -1.98. The molecule has 1 aliphatic heterocycles. The number of pyridine rings is 1. The molecule has 1 aromatic rings. The zero-order valence-corrected chi connectivity index (χ0v) is 12.0. The number of nitrogens with two attached hydrogens (primary N) is 2. The molecule has 0 aromatic carbocycles. The first-order valence-corrected chi connectivity index (χ1v) is 6.98. The number of hydrogen-bond donors (Lipinski definition) is 2. The first kappa shape index (κ1) is 14.4. The molecule has 6 heteroatoms. The van der Waals surface area contributed by atoms with Gasteiger partial charge in [-0.1, -0.05) is 0 Å². The molecular weight excluding hydrogens is 256 g/mol. The quantitative estimate of drug-likeness (QED) is 0.861. The summed E-state index contributed by atoms with van der Waals surface area (Å²) in [6.45, 7) is 5.12. The summed E-state index contributed by atoms with van der Waals surface area (Å²) < 4.78 is 5.42. The number of hydrogen-bond acceptors (Lipinski definition) is 5. The predicted octanol–water partition coefficient (Wildman–Crippen LogP) is 1.15. The Morgan fingerprint density at radius 2 is 2.25 bits per heavy atom. The van der Waals surface area contributed by atoms with Gasteiger partial charge in [0.2, 0.25) is 11.8 Å². The maximum atomic E-state index is 11.4. The Morgan fingerprint density at radius 1 is 1.50 bits per heavy atom. The second kappa shape index (κ2) is 5.98. The van der Waals surface area contributed by atoms with Crippen LogP contribution >= 0.6 is 0 Å². The SMILES string of the molecule is CCOc1nc(N2CC(C(N)=O)CCC2C)ccc1N. The highest BCUT2D eigenvalue weighted by atomic mass is 16.5. The molecule has 0 saturated carbocycles. The maximum absolute atomic E-state index is 11.4. The van der Waals surface area contributed by atoms with Crippen molar-refractivity contribution in [3.63, 3.8) is 0 Å². The summed E-state index contributed by atoms with van der Waals surface area (Å²) in [5.41, 5.74) is 11.8. The predicted molar refractivity (Wildman–Crippen MR) is 78.5 cm³/mol. The van der Waals surface area contributed by atoms with Crippen LogP contribution in [-0.2, 0) is 4.79 Å². The van der Waals surface area contributed by atoms with Gasteiger partial charge in [0.05, 0.1) is 18.2 Å². The minimum Gasteiger partial charge on any atom is -0.476 e. The number of nitrogens with zero attached hydrogens (tertiary/aromatic N) is 2. The third-order valence-electron chi connectivity index (χ3n) is 3.73. The number of carbonyl (C=O) groups excluding carboxylic acids is 1. The van der Waals surface area contributed by atoms with Gasteiger partial charge < -0.3 is 21.1 Å². The van der Waals surface area contributed by atoms with Gasteiger partial charge in [-0.3, -0.25) is 4.79 Å². The fraction of sp³-hybridized carbons (Fsp3) is 0.571. The summed E-state index contributed by atoms with van der Waals surface area (Å²) >= 11 is 0. The van der Waals surface area contributed by atoms with Crippen LogP contribution in [0.5, 0.6) is 5.88 Å². The van der Waals surface area contributed by atoms with Gasteiger partial charge in [0.25, 0.3) is 0 Å². The van der Waals surface area contributed by atoms with Crippen molar-refractivity contribution in [2.75, 3.05) is 23.8 Å². The Morgan fingerprint density at radius 3 is 2.90 bits per heavy atom. The van der Waals surface area contributed by atoms with Gasteiger partial charge in [0.15, 0.2) is 0 Å². The summed E-state index contributed by atoms with van der Waals surface area (Å²) in [5, 5.41) is 0. The van der Waals surface area contributed by atoms with Crippen molar-refractivity contribution in [3.8, 4) is 5.88 Å². The molecule has 1 aliphatic rings. The highest BCUT2D eigenvalue weighted by Crippen LogP contribution is 2.29. The van der Waals surface area contributed by atoms with Crippen molar-refractivity contribution in [2.24, 2.45) is 11.7 Å². The minimum absolute atomic E-state index is 0.124. The van der Waals surface area contributed by atoms with Gasteiger partial charge in [0, 0.05) is 12.6 Å². The molecule has 110 valence electrons. The van der Waals surface area contributed by atoms with Crippen molar-refractivity contribution in [1.29, 1.82) is 0 Å². The van der Waals surface area contributed by atoms with Crippen LogP contribution in [-0.4, -0.2) is 30.1 Å². The van der Waals surface area contributed by atoms with Crippen LogP contribution in [0, 0.1) is 5.92 Å². The van der Waals surface area contributed by atoms with E-state index in [4.69, 9.17) is 16.2 Å². The molecule has 2 rings (SSSR count). The molecule has 0 bridgehead atoms. The van der Waals surface area contributed by atoms with Crippen molar-refractivity contribution in [1.82, 2.24) is 4.98 Å². The van der Waals surface area contributed by atoms with E-state index in [1.807, 2.05) is 13.0 Å². The van der Waals surface area contributed by atoms with Crippen LogP contribution in [0.3, 0.4) is 0 Å². The van der Waals surface area contributed by atoms with E-state index in [9.17, 15) is 4.79 Å². The first-order chi connectivity index (χ1) is 9.52. The molecule has 1 fully saturated rings. The number of piperidine rings is 1. The molecule has 0 spiro atoms. The van der Waals surface area contributed by atoms with E-state index < -0.39 is 0 Å². The average molecular weight is 278 g/mol. The second-order valence-electron chi connectivity index (χ2n) is 5.17. The molecule has 2 atom stereocenters. The van der Waals surface area contributed by atoms with E-state index in [-0.39, 0.29) is 11.8 Å². The number of amides is 1. The average Bonchev–Trinajstić information content (AvgIpc) is 2.42. The molecule has 0 aliphatic carbocycles. The van der Waals surface area contributed by atoms with E-state index in [1.165, 1.54) is 0 Å². The standard InChI is InChI=1S/C14H22N4O2/c1-3-20-14-11(15)6-7-12(17-14)18-8-10(13(16)19)5-4-9(18)2/h6-7,9-10H,3-5,8,15H2,1-2H3,(H2,16,19). The molecule has 4 N–H and O–H groups in total. The molecule has 1 amide bonds. The lowest BCUT2D eigenvalue weighted by atomic mass is 9.93. The first-order valence-electron chi connectivity index (χ1n) is 6.98. The van der Waals surface area contributed by atoms with Crippen LogP contribution in [0.1, 0.15) is 26.7 Å². The van der Waals surface area contributed by atoms with Crippen molar-refractivity contribution in [3.05, 3.63) is 12.1 Å². The van der Waals surface area contributed by atoms with Crippen molar-refractivity contribution >= 4 is 17.4 Å². The second-order valence-corrected chi connectivity index (χ2v) is 5.17. The van der Waals surface area contributed by atoms with Crippen LogP contribution in [0.25, 0.3) is 0 Å². The number of nitrogen functional groups attached to an aromatic ring is 1. The topological polar surface area (TPSA) is 94.5 Å². The normalized spacial score (nSPS) is 22.6. The summed E-state index contributed by atoms with van der Waals surface area (Å²) in [5.74, 6) is 0.850. The number of aromatic nitrogens is 1. The monoisotopic (exact) mass is 278 g/mol. The summed E-state index contributed by atoms with van der Waals surface area (Å²) in [6, 6.07) is 3.96. The lowest BCUT2D eigenvalue weighted by Gasteiger charge is -2.37. The fourth-order valence-corrected chi connectivity index (χ4v) is 2.51. The van der Waals surface area contributed by atoms with Crippen LogP contribution < -0.4 is 21.1 Å². The lowest BCUT2D eigenvalue weighted by molar-refractivity contribution is -0.122. The number of rotatable bonds is 4. The molecule has 1 aromatic heterocycles. The van der Waals surface area contributed by atoms with Gasteiger partial charge in [-0.25, -0.2) is 0 Å². The molecule has 2 heterocycles. The highest BCUT2D eigenvalue weighted by molar-refractivity contribution is 5.77. The van der Waals surface area contributed by atoms with Crippen LogP contribution in [0.2, 0.25) is 0 Å². The van der Waals surface area contributed by atoms with Crippen molar-refractivity contribution in [2.45, 2.75) is 32.7 Å². The molecule has 1 saturated heterocycles. The largest absolute Gasteiger partial charge is 0.476 e. The molecule has 20 heavy (non-hydrogen) atoms. The van der Waals surface area contributed by atoms with Gasteiger partial charge in [-0.2, -0.15) is 4.98 Å². The Labute approximate surface area is 119 Å². The molecule has 6 nitrogen and oxygen atoms in total. The number of anilines is 2. The number of carbonyl (C=O) groups is 1. The fourth-order valence-electron chi connectivity index (χ4n) is 2.51. The van der Waals surface area contributed by atoms with Gasteiger partial charge >= 0.3 is 0 Å². The summed E-state index contributed by atoms with van der Waals surface area (Å²) in [4.78, 5) is 17.9.